The minimum Gasteiger partial charge on any atom is -0.394 e. The van der Waals surface area contributed by atoms with E-state index in [0.717, 1.165) is 36.0 Å². The molecule has 2 atom stereocenters. The van der Waals surface area contributed by atoms with Crippen molar-refractivity contribution in [3.8, 4) is 0 Å². The number of hydrogen-bond acceptors (Lipinski definition) is 3. The van der Waals surface area contributed by atoms with E-state index in [-0.39, 0.29) is 18.6 Å². The fraction of sp³-hybridized carbons (Fsp3) is 0.579. The third kappa shape index (κ3) is 3.18. The number of aromatic amines is 1. The van der Waals surface area contributed by atoms with Gasteiger partial charge in [0, 0.05) is 17.9 Å². The minimum atomic E-state index is -0.271. The summed E-state index contributed by atoms with van der Waals surface area (Å²) in [5.74, 6) is 0.464. The number of nitrogens with one attached hydrogen (secondary N) is 2. The molecule has 2 aromatic heterocycles. The van der Waals surface area contributed by atoms with Crippen molar-refractivity contribution < 1.29 is 9.90 Å². The Balaban J connectivity index is 1.92. The van der Waals surface area contributed by atoms with Crippen molar-refractivity contribution in [2.75, 3.05) is 6.61 Å². The number of rotatable bonds is 3. The minimum absolute atomic E-state index is 0.0783. The molecule has 3 rings (SSSR count). The van der Waals surface area contributed by atoms with Crippen LogP contribution < -0.4 is 5.32 Å². The lowest BCUT2D eigenvalue weighted by molar-refractivity contribution is 0.0924. The van der Waals surface area contributed by atoms with Crippen LogP contribution in [-0.4, -0.2) is 33.6 Å². The Morgan fingerprint density at radius 1 is 1.50 bits per heavy atom. The summed E-state index contributed by atoms with van der Waals surface area (Å²) in [6.45, 7) is 8.59. The number of nitrogens with zero attached hydrogens (tertiary/aromatic N) is 1. The molecule has 0 radical (unpaired) electrons. The van der Waals surface area contributed by atoms with Crippen LogP contribution in [0.3, 0.4) is 0 Å². The van der Waals surface area contributed by atoms with Crippen LogP contribution in [0.2, 0.25) is 0 Å². The number of aromatic nitrogens is 2. The van der Waals surface area contributed by atoms with Crippen LogP contribution in [0, 0.1) is 11.3 Å². The van der Waals surface area contributed by atoms with E-state index < -0.39 is 0 Å². The van der Waals surface area contributed by atoms with Gasteiger partial charge in [0.2, 0.25) is 0 Å². The highest BCUT2D eigenvalue weighted by Gasteiger charge is 2.30. The lowest BCUT2D eigenvalue weighted by Crippen LogP contribution is -2.35. The van der Waals surface area contributed by atoms with Gasteiger partial charge < -0.3 is 15.4 Å². The van der Waals surface area contributed by atoms with E-state index in [1.807, 2.05) is 0 Å². The predicted molar refractivity (Wildman–Crippen MR) is 95.1 cm³/mol. The quantitative estimate of drug-likeness (QED) is 0.810. The lowest BCUT2D eigenvalue weighted by Gasteiger charge is -2.34. The summed E-state index contributed by atoms with van der Waals surface area (Å²) in [7, 11) is 0. The standard InChI is InChI=1S/C19H27N3O2/c1-11(10-23)21-18(24)14-9-20-16-8-12-7-13(19(2,3)4)5-6-15(12)22-17(14)16/h8-9,11,13,20,23H,5-7,10H2,1-4H3,(H,21,24)/t11-,13?/m1/s1. The van der Waals surface area contributed by atoms with Crippen molar-refractivity contribution in [3.63, 3.8) is 0 Å². The first-order chi connectivity index (χ1) is 11.3. The summed E-state index contributed by atoms with van der Waals surface area (Å²) in [6.07, 6.45) is 4.86. The Morgan fingerprint density at radius 2 is 2.25 bits per heavy atom. The summed E-state index contributed by atoms with van der Waals surface area (Å²) >= 11 is 0. The van der Waals surface area contributed by atoms with E-state index in [1.165, 1.54) is 5.56 Å². The average Bonchev–Trinajstić information content (AvgIpc) is 2.93. The molecule has 1 aliphatic carbocycles. The molecule has 5 heteroatoms. The molecular formula is C19H27N3O2. The zero-order chi connectivity index (χ0) is 17.5. The molecule has 0 saturated heterocycles. The molecule has 2 aromatic rings. The Hall–Kier alpha value is -1.88. The lowest BCUT2D eigenvalue weighted by atomic mass is 9.71. The van der Waals surface area contributed by atoms with Crippen LogP contribution in [0.15, 0.2) is 12.3 Å². The summed E-state index contributed by atoms with van der Waals surface area (Å²) in [5, 5.41) is 11.9. The molecule has 130 valence electrons. The van der Waals surface area contributed by atoms with Crippen molar-refractivity contribution in [3.05, 3.63) is 29.1 Å². The monoisotopic (exact) mass is 329 g/mol. The van der Waals surface area contributed by atoms with Crippen molar-refractivity contribution in [2.24, 2.45) is 11.3 Å². The fourth-order valence-corrected chi connectivity index (χ4v) is 3.46. The zero-order valence-corrected chi connectivity index (χ0v) is 14.9. The number of aliphatic hydroxyl groups excluding tert-OH is 1. The molecule has 1 amide bonds. The van der Waals surface area contributed by atoms with Crippen LogP contribution in [0.25, 0.3) is 11.0 Å². The first-order valence-corrected chi connectivity index (χ1v) is 8.71. The van der Waals surface area contributed by atoms with Gasteiger partial charge in [-0.2, -0.15) is 0 Å². The summed E-state index contributed by atoms with van der Waals surface area (Å²) < 4.78 is 0. The van der Waals surface area contributed by atoms with Crippen LogP contribution >= 0.6 is 0 Å². The maximum absolute atomic E-state index is 12.4. The molecule has 1 aliphatic rings. The molecule has 0 aliphatic heterocycles. The Morgan fingerprint density at radius 3 is 2.92 bits per heavy atom. The van der Waals surface area contributed by atoms with E-state index in [4.69, 9.17) is 10.1 Å². The van der Waals surface area contributed by atoms with E-state index in [9.17, 15) is 4.79 Å². The molecule has 0 saturated carbocycles. The molecule has 5 nitrogen and oxygen atoms in total. The second-order valence-corrected chi connectivity index (χ2v) is 8.06. The van der Waals surface area contributed by atoms with Crippen LogP contribution in [0.1, 0.15) is 55.7 Å². The van der Waals surface area contributed by atoms with E-state index >= 15 is 0 Å². The third-order valence-electron chi connectivity index (χ3n) is 5.13. The topological polar surface area (TPSA) is 78.0 Å². The van der Waals surface area contributed by atoms with Gasteiger partial charge in [-0.15, -0.1) is 0 Å². The zero-order valence-electron chi connectivity index (χ0n) is 14.9. The Kier molecular flexibility index (Phi) is 4.38. The van der Waals surface area contributed by atoms with E-state index in [2.05, 4.69) is 37.1 Å². The highest BCUT2D eigenvalue weighted by molar-refractivity contribution is 6.05. The van der Waals surface area contributed by atoms with E-state index in [1.54, 1.807) is 13.1 Å². The number of carbonyl (C=O) groups is 1. The number of pyridine rings is 1. The van der Waals surface area contributed by atoms with Crippen molar-refractivity contribution in [2.45, 2.75) is 53.0 Å². The van der Waals surface area contributed by atoms with Crippen molar-refractivity contribution in [1.82, 2.24) is 15.3 Å². The SMILES string of the molecule is C[C@H](CO)NC(=O)c1c[nH]c2cc3c(nc12)CCC(C(C)(C)C)C3. The molecule has 3 N–H and O–H groups in total. The van der Waals surface area contributed by atoms with Crippen LogP contribution in [-0.2, 0) is 12.8 Å². The number of aryl methyl sites for hydroxylation is 1. The number of amides is 1. The maximum atomic E-state index is 12.4. The molecule has 0 fully saturated rings. The smallest absolute Gasteiger partial charge is 0.255 e. The summed E-state index contributed by atoms with van der Waals surface area (Å²) in [6, 6.07) is 1.88. The first-order valence-electron chi connectivity index (χ1n) is 8.71. The fourth-order valence-electron chi connectivity index (χ4n) is 3.46. The van der Waals surface area contributed by atoms with Gasteiger partial charge in [-0.25, -0.2) is 0 Å². The van der Waals surface area contributed by atoms with Gasteiger partial charge in [-0.1, -0.05) is 20.8 Å². The van der Waals surface area contributed by atoms with Crippen LogP contribution in [0.4, 0.5) is 0 Å². The van der Waals surface area contributed by atoms with Crippen molar-refractivity contribution in [1.29, 1.82) is 0 Å². The molecular weight excluding hydrogens is 302 g/mol. The molecule has 1 unspecified atom stereocenters. The first kappa shape index (κ1) is 17.0. The van der Waals surface area contributed by atoms with Gasteiger partial charge in [0.15, 0.2) is 0 Å². The molecule has 0 bridgehead atoms. The molecule has 0 aromatic carbocycles. The Bertz CT molecular complexity index is 758. The predicted octanol–water partition coefficient (Wildman–Crippen LogP) is 2.82. The number of carbonyl (C=O) groups excluding carboxylic acids is 1. The number of aliphatic hydroxyl groups is 1. The van der Waals surface area contributed by atoms with Gasteiger partial charge >= 0.3 is 0 Å². The normalized spacial score (nSPS) is 19.1. The largest absolute Gasteiger partial charge is 0.394 e. The number of hydrogen-bond donors (Lipinski definition) is 3. The highest BCUT2D eigenvalue weighted by Crippen LogP contribution is 2.37. The van der Waals surface area contributed by atoms with Gasteiger partial charge in [-0.3, -0.25) is 9.78 Å². The average molecular weight is 329 g/mol. The molecule has 0 spiro atoms. The summed E-state index contributed by atoms with van der Waals surface area (Å²) in [4.78, 5) is 20.3. The second kappa shape index (κ2) is 6.20. The summed E-state index contributed by atoms with van der Waals surface area (Å²) in [5.41, 5.74) is 4.90. The Labute approximate surface area is 142 Å². The maximum Gasteiger partial charge on any atom is 0.255 e. The number of H-pyrrole nitrogens is 1. The molecule has 24 heavy (non-hydrogen) atoms. The van der Waals surface area contributed by atoms with Crippen LogP contribution in [0.5, 0.6) is 0 Å². The van der Waals surface area contributed by atoms with Gasteiger partial charge in [0.05, 0.1) is 17.7 Å². The molecule has 2 heterocycles. The highest BCUT2D eigenvalue weighted by atomic mass is 16.3. The number of fused-ring (bicyclic) bond motifs is 2. The van der Waals surface area contributed by atoms with Crippen molar-refractivity contribution >= 4 is 16.9 Å². The van der Waals surface area contributed by atoms with Gasteiger partial charge in [-0.05, 0) is 49.1 Å². The van der Waals surface area contributed by atoms with Gasteiger partial charge in [0.25, 0.3) is 5.91 Å². The third-order valence-corrected chi connectivity index (χ3v) is 5.13. The van der Waals surface area contributed by atoms with Gasteiger partial charge in [0.1, 0.15) is 5.52 Å². The van der Waals surface area contributed by atoms with E-state index in [0.29, 0.717) is 16.9 Å². The second-order valence-electron chi connectivity index (χ2n) is 8.06.